The van der Waals surface area contributed by atoms with Gasteiger partial charge in [-0.05, 0) is 27.7 Å². The maximum atomic E-state index is 11.6. The molecular weight excluding hydrogens is 286 g/mol. The van der Waals surface area contributed by atoms with Crippen molar-refractivity contribution in [3.63, 3.8) is 0 Å². The number of aliphatic carboxylic acids is 1. The number of carbonyl (C=O) groups excluding carboxylic acids is 1. The number of carbonyl (C=O) groups is 2. The van der Waals surface area contributed by atoms with Gasteiger partial charge in [-0.3, -0.25) is 4.68 Å². The SMILES string of the molecule is Cc1c(Cl)cnn1CC(NC(=O)OC(C)(C)C)C(=O)O. The Morgan fingerprint density at radius 1 is 1.55 bits per heavy atom. The number of halogens is 1. The molecule has 0 fully saturated rings. The first-order valence-corrected chi connectivity index (χ1v) is 6.38. The molecule has 8 heteroatoms. The van der Waals surface area contributed by atoms with Crippen LogP contribution in [0, 0.1) is 6.92 Å². The van der Waals surface area contributed by atoms with Crippen LogP contribution in [0.2, 0.25) is 5.02 Å². The summed E-state index contributed by atoms with van der Waals surface area (Å²) >= 11 is 5.84. The van der Waals surface area contributed by atoms with Crippen LogP contribution in [-0.4, -0.2) is 38.6 Å². The lowest BCUT2D eigenvalue weighted by molar-refractivity contribution is -0.139. The van der Waals surface area contributed by atoms with Crippen LogP contribution in [0.3, 0.4) is 0 Å². The number of ether oxygens (including phenoxy) is 1. The lowest BCUT2D eigenvalue weighted by Crippen LogP contribution is -2.46. The number of rotatable bonds is 4. The second-order valence-electron chi connectivity index (χ2n) is 5.30. The molecule has 1 amide bonds. The molecule has 1 unspecified atom stereocenters. The van der Waals surface area contributed by atoms with E-state index >= 15 is 0 Å². The molecule has 1 rings (SSSR count). The van der Waals surface area contributed by atoms with Gasteiger partial charge in [-0.15, -0.1) is 0 Å². The van der Waals surface area contributed by atoms with E-state index in [1.54, 1.807) is 27.7 Å². The van der Waals surface area contributed by atoms with Crippen LogP contribution >= 0.6 is 11.6 Å². The third kappa shape index (κ3) is 4.73. The molecule has 2 N–H and O–H groups in total. The van der Waals surface area contributed by atoms with E-state index in [4.69, 9.17) is 21.4 Å². The molecule has 112 valence electrons. The smallest absolute Gasteiger partial charge is 0.408 e. The standard InChI is InChI=1S/C12H18ClN3O4/c1-7-8(13)5-14-16(7)6-9(10(17)18)15-11(19)20-12(2,3)4/h5,9H,6H2,1-4H3,(H,15,19)(H,17,18). The Kier molecular flexibility index (Phi) is 4.99. The number of hydrogen-bond acceptors (Lipinski definition) is 4. The number of amides is 1. The molecule has 0 saturated carbocycles. The van der Waals surface area contributed by atoms with Crippen molar-refractivity contribution in [1.29, 1.82) is 0 Å². The summed E-state index contributed by atoms with van der Waals surface area (Å²) in [5, 5.41) is 15.8. The van der Waals surface area contributed by atoms with Gasteiger partial charge in [0.15, 0.2) is 0 Å². The van der Waals surface area contributed by atoms with E-state index in [-0.39, 0.29) is 6.54 Å². The van der Waals surface area contributed by atoms with Crippen molar-refractivity contribution in [2.75, 3.05) is 0 Å². The highest BCUT2D eigenvalue weighted by Crippen LogP contribution is 2.14. The van der Waals surface area contributed by atoms with Crippen molar-refractivity contribution in [1.82, 2.24) is 15.1 Å². The number of hydrogen-bond donors (Lipinski definition) is 2. The molecule has 1 heterocycles. The Morgan fingerprint density at radius 2 is 2.15 bits per heavy atom. The van der Waals surface area contributed by atoms with Crippen molar-refractivity contribution in [3.05, 3.63) is 16.9 Å². The Hall–Kier alpha value is -1.76. The summed E-state index contributed by atoms with van der Waals surface area (Å²) in [4.78, 5) is 22.8. The topological polar surface area (TPSA) is 93.5 Å². The normalized spacial score (nSPS) is 12.8. The largest absolute Gasteiger partial charge is 0.480 e. The van der Waals surface area contributed by atoms with E-state index in [0.717, 1.165) is 0 Å². The second kappa shape index (κ2) is 6.13. The number of aromatic nitrogens is 2. The first-order valence-electron chi connectivity index (χ1n) is 6.00. The highest BCUT2D eigenvalue weighted by molar-refractivity contribution is 6.31. The third-order valence-corrected chi connectivity index (χ3v) is 2.76. The Labute approximate surface area is 121 Å². The molecule has 0 spiro atoms. The van der Waals surface area contributed by atoms with Crippen molar-refractivity contribution in [3.8, 4) is 0 Å². The number of carboxylic acids is 1. The van der Waals surface area contributed by atoms with Gasteiger partial charge in [-0.2, -0.15) is 5.10 Å². The summed E-state index contributed by atoms with van der Waals surface area (Å²) in [6.45, 7) is 6.76. The van der Waals surface area contributed by atoms with Crippen LogP contribution in [0.25, 0.3) is 0 Å². The highest BCUT2D eigenvalue weighted by atomic mass is 35.5. The zero-order valence-electron chi connectivity index (χ0n) is 11.8. The zero-order chi connectivity index (χ0) is 15.5. The fraction of sp³-hybridized carbons (Fsp3) is 0.583. The molecule has 0 aliphatic rings. The molecule has 0 saturated heterocycles. The number of carboxylic acid groups (broad SMARTS) is 1. The minimum absolute atomic E-state index is 0.0346. The molecule has 0 aromatic carbocycles. The van der Waals surface area contributed by atoms with Gasteiger partial charge in [0.2, 0.25) is 0 Å². The Morgan fingerprint density at radius 3 is 2.55 bits per heavy atom. The van der Waals surface area contributed by atoms with Crippen LogP contribution in [0.5, 0.6) is 0 Å². The maximum Gasteiger partial charge on any atom is 0.408 e. The van der Waals surface area contributed by atoms with Crippen molar-refractivity contribution in [2.24, 2.45) is 0 Å². The zero-order valence-corrected chi connectivity index (χ0v) is 12.6. The molecule has 0 aliphatic carbocycles. The van der Waals surface area contributed by atoms with Crippen LogP contribution in [0.4, 0.5) is 4.79 Å². The fourth-order valence-corrected chi connectivity index (χ4v) is 1.56. The molecule has 1 aromatic rings. The average Bonchev–Trinajstić information content (AvgIpc) is 2.57. The van der Waals surface area contributed by atoms with E-state index in [0.29, 0.717) is 10.7 Å². The lowest BCUT2D eigenvalue weighted by Gasteiger charge is -2.22. The van der Waals surface area contributed by atoms with Gasteiger partial charge in [-0.1, -0.05) is 11.6 Å². The minimum Gasteiger partial charge on any atom is -0.480 e. The van der Waals surface area contributed by atoms with E-state index in [2.05, 4.69) is 10.4 Å². The average molecular weight is 304 g/mol. The summed E-state index contributed by atoms with van der Waals surface area (Å²) in [6, 6.07) is -1.15. The predicted molar refractivity (Wildman–Crippen MR) is 72.8 cm³/mol. The first-order chi connectivity index (χ1) is 9.10. The maximum absolute atomic E-state index is 11.6. The molecule has 20 heavy (non-hydrogen) atoms. The Balaban J connectivity index is 2.73. The number of nitrogens with one attached hydrogen (secondary N) is 1. The lowest BCUT2D eigenvalue weighted by atomic mass is 10.2. The van der Waals surface area contributed by atoms with Crippen LogP contribution in [0.1, 0.15) is 26.5 Å². The summed E-state index contributed by atoms with van der Waals surface area (Å²) in [6.07, 6.45) is 0.629. The van der Waals surface area contributed by atoms with Crippen molar-refractivity contribution >= 4 is 23.7 Å². The third-order valence-electron chi connectivity index (χ3n) is 2.39. The van der Waals surface area contributed by atoms with E-state index in [1.165, 1.54) is 10.9 Å². The van der Waals surface area contributed by atoms with E-state index in [9.17, 15) is 9.59 Å². The van der Waals surface area contributed by atoms with Gasteiger partial charge >= 0.3 is 12.1 Å². The molecule has 0 aliphatic heterocycles. The summed E-state index contributed by atoms with van der Waals surface area (Å²) in [5.74, 6) is -1.18. The van der Waals surface area contributed by atoms with Crippen molar-refractivity contribution in [2.45, 2.75) is 45.9 Å². The molecule has 0 bridgehead atoms. The summed E-state index contributed by atoms with van der Waals surface area (Å²) in [5.41, 5.74) is -0.0678. The molecule has 1 atom stereocenters. The van der Waals surface area contributed by atoms with Crippen LogP contribution < -0.4 is 5.32 Å². The van der Waals surface area contributed by atoms with Crippen molar-refractivity contribution < 1.29 is 19.4 Å². The first kappa shape index (κ1) is 16.3. The molecule has 1 aromatic heterocycles. The van der Waals surface area contributed by atoms with Gasteiger partial charge in [0.1, 0.15) is 11.6 Å². The minimum atomic E-state index is -1.18. The second-order valence-corrected chi connectivity index (χ2v) is 5.70. The highest BCUT2D eigenvalue weighted by Gasteiger charge is 2.25. The van der Waals surface area contributed by atoms with Crippen LogP contribution in [0.15, 0.2) is 6.20 Å². The van der Waals surface area contributed by atoms with Gasteiger partial charge < -0.3 is 15.2 Å². The summed E-state index contributed by atoms with van der Waals surface area (Å²) in [7, 11) is 0. The van der Waals surface area contributed by atoms with Gasteiger partial charge in [0.25, 0.3) is 0 Å². The van der Waals surface area contributed by atoms with Gasteiger partial charge in [0, 0.05) is 0 Å². The van der Waals surface area contributed by atoms with E-state index in [1.807, 2.05) is 0 Å². The van der Waals surface area contributed by atoms with E-state index < -0.39 is 23.7 Å². The number of alkyl carbamates (subject to hydrolysis) is 1. The van der Waals surface area contributed by atoms with Gasteiger partial charge in [-0.25, -0.2) is 9.59 Å². The Bertz CT molecular complexity index is 507. The van der Waals surface area contributed by atoms with Crippen LogP contribution in [-0.2, 0) is 16.1 Å². The fourth-order valence-electron chi connectivity index (χ4n) is 1.42. The molecular formula is C12H18ClN3O4. The quantitative estimate of drug-likeness (QED) is 0.885. The predicted octanol–water partition coefficient (Wildman–Crippen LogP) is 1.82. The molecule has 0 radical (unpaired) electrons. The molecule has 7 nitrogen and oxygen atoms in total. The monoisotopic (exact) mass is 303 g/mol. The van der Waals surface area contributed by atoms with Gasteiger partial charge in [0.05, 0.1) is 23.5 Å². The summed E-state index contributed by atoms with van der Waals surface area (Å²) < 4.78 is 6.44. The number of nitrogens with zero attached hydrogens (tertiary/aromatic N) is 2.